The van der Waals surface area contributed by atoms with Crippen molar-refractivity contribution >= 4 is 23.4 Å². The van der Waals surface area contributed by atoms with E-state index in [4.69, 9.17) is 11.6 Å². The van der Waals surface area contributed by atoms with Gasteiger partial charge in [0.05, 0.1) is 0 Å². The van der Waals surface area contributed by atoms with Gasteiger partial charge in [0.15, 0.2) is 0 Å². The largest absolute Gasteiger partial charge is 0.354 e. The van der Waals surface area contributed by atoms with Gasteiger partial charge in [-0.05, 0) is 44.3 Å². The standard InChI is InChI=1S/C14H20ClN3O2/c1-16-8-2-3-13(19)17-9-10-18-14(20)11-4-6-12(15)7-5-11/h4-7,16H,2-3,8-10H2,1H3,(H,17,19)(H,18,20). The Balaban J connectivity index is 2.16. The summed E-state index contributed by atoms with van der Waals surface area (Å²) >= 11 is 5.75. The van der Waals surface area contributed by atoms with Crippen LogP contribution in [0.3, 0.4) is 0 Å². The van der Waals surface area contributed by atoms with Crippen LogP contribution in [0.1, 0.15) is 23.2 Å². The van der Waals surface area contributed by atoms with Crippen molar-refractivity contribution in [3.05, 3.63) is 34.9 Å². The number of halogens is 1. The van der Waals surface area contributed by atoms with E-state index in [1.165, 1.54) is 0 Å². The minimum atomic E-state index is -0.175. The van der Waals surface area contributed by atoms with Crippen LogP contribution in [-0.2, 0) is 4.79 Å². The van der Waals surface area contributed by atoms with Crippen molar-refractivity contribution in [2.24, 2.45) is 0 Å². The second-order valence-corrected chi connectivity index (χ2v) is 4.76. The highest BCUT2D eigenvalue weighted by molar-refractivity contribution is 6.30. The van der Waals surface area contributed by atoms with E-state index in [1.54, 1.807) is 24.3 Å². The molecule has 0 fully saturated rings. The van der Waals surface area contributed by atoms with Crippen molar-refractivity contribution in [3.63, 3.8) is 0 Å². The van der Waals surface area contributed by atoms with Gasteiger partial charge in [0.25, 0.3) is 5.91 Å². The van der Waals surface area contributed by atoms with Gasteiger partial charge in [0.2, 0.25) is 5.91 Å². The van der Waals surface area contributed by atoms with Crippen LogP contribution in [0.25, 0.3) is 0 Å². The van der Waals surface area contributed by atoms with Crippen LogP contribution in [0.5, 0.6) is 0 Å². The monoisotopic (exact) mass is 297 g/mol. The molecule has 110 valence electrons. The van der Waals surface area contributed by atoms with E-state index in [0.717, 1.165) is 13.0 Å². The molecule has 0 aromatic heterocycles. The molecule has 20 heavy (non-hydrogen) atoms. The van der Waals surface area contributed by atoms with E-state index >= 15 is 0 Å². The number of hydrogen-bond donors (Lipinski definition) is 3. The number of amides is 2. The zero-order chi connectivity index (χ0) is 14.8. The second-order valence-electron chi connectivity index (χ2n) is 4.32. The zero-order valence-electron chi connectivity index (χ0n) is 11.5. The molecule has 6 heteroatoms. The molecular formula is C14H20ClN3O2. The summed E-state index contributed by atoms with van der Waals surface area (Å²) < 4.78 is 0. The summed E-state index contributed by atoms with van der Waals surface area (Å²) in [5.74, 6) is -0.174. The minimum Gasteiger partial charge on any atom is -0.354 e. The fourth-order valence-corrected chi connectivity index (χ4v) is 1.72. The number of carbonyl (C=O) groups excluding carboxylic acids is 2. The molecule has 0 saturated carbocycles. The number of rotatable bonds is 8. The Hall–Kier alpha value is -1.59. The van der Waals surface area contributed by atoms with Gasteiger partial charge in [-0.25, -0.2) is 0 Å². The minimum absolute atomic E-state index is 0.000918. The first-order valence-corrected chi connectivity index (χ1v) is 6.96. The lowest BCUT2D eigenvalue weighted by atomic mass is 10.2. The molecule has 1 aromatic carbocycles. The van der Waals surface area contributed by atoms with E-state index in [2.05, 4.69) is 16.0 Å². The summed E-state index contributed by atoms with van der Waals surface area (Å²) in [7, 11) is 1.85. The molecule has 0 unspecified atom stereocenters. The SMILES string of the molecule is CNCCCC(=O)NCCNC(=O)c1ccc(Cl)cc1. The Morgan fingerprint density at radius 2 is 1.70 bits per heavy atom. The normalized spacial score (nSPS) is 10.1. The zero-order valence-corrected chi connectivity index (χ0v) is 12.3. The third-order valence-electron chi connectivity index (χ3n) is 2.67. The maximum Gasteiger partial charge on any atom is 0.251 e. The predicted octanol–water partition coefficient (Wildman–Crippen LogP) is 1.19. The first kappa shape index (κ1) is 16.5. The third-order valence-corrected chi connectivity index (χ3v) is 2.92. The topological polar surface area (TPSA) is 70.2 Å². The van der Waals surface area contributed by atoms with Crippen molar-refractivity contribution in [3.8, 4) is 0 Å². The smallest absolute Gasteiger partial charge is 0.251 e. The van der Waals surface area contributed by atoms with Crippen molar-refractivity contribution in [2.45, 2.75) is 12.8 Å². The average Bonchev–Trinajstić information content (AvgIpc) is 2.44. The van der Waals surface area contributed by atoms with Crippen LogP contribution in [-0.4, -0.2) is 38.5 Å². The summed E-state index contributed by atoms with van der Waals surface area (Å²) in [6.45, 7) is 1.65. The molecule has 0 spiro atoms. The fourth-order valence-electron chi connectivity index (χ4n) is 1.60. The molecule has 0 bridgehead atoms. The lowest BCUT2D eigenvalue weighted by Gasteiger charge is -2.07. The van der Waals surface area contributed by atoms with Crippen LogP contribution in [0.4, 0.5) is 0 Å². The van der Waals surface area contributed by atoms with Crippen LogP contribution in [0.15, 0.2) is 24.3 Å². The number of benzene rings is 1. The van der Waals surface area contributed by atoms with Crippen LogP contribution in [0.2, 0.25) is 5.02 Å². The highest BCUT2D eigenvalue weighted by atomic mass is 35.5. The van der Waals surface area contributed by atoms with E-state index in [0.29, 0.717) is 30.1 Å². The first-order chi connectivity index (χ1) is 9.63. The molecule has 0 aliphatic rings. The summed E-state index contributed by atoms with van der Waals surface area (Å²) in [4.78, 5) is 23.1. The maximum atomic E-state index is 11.7. The molecule has 0 aliphatic carbocycles. The molecule has 1 aromatic rings. The van der Waals surface area contributed by atoms with Crippen molar-refractivity contribution in [1.29, 1.82) is 0 Å². The lowest BCUT2D eigenvalue weighted by molar-refractivity contribution is -0.121. The summed E-state index contributed by atoms with van der Waals surface area (Å²) in [6.07, 6.45) is 1.30. The Morgan fingerprint density at radius 3 is 2.35 bits per heavy atom. The Morgan fingerprint density at radius 1 is 1.05 bits per heavy atom. The average molecular weight is 298 g/mol. The molecule has 2 amide bonds. The maximum absolute atomic E-state index is 11.7. The molecular weight excluding hydrogens is 278 g/mol. The van der Waals surface area contributed by atoms with Crippen LogP contribution >= 0.6 is 11.6 Å². The first-order valence-electron chi connectivity index (χ1n) is 6.58. The van der Waals surface area contributed by atoms with Gasteiger partial charge in [-0.1, -0.05) is 11.6 Å². The van der Waals surface area contributed by atoms with Crippen LogP contribution in [0, 0.1) is 0 Å². The number of carbonyl (C=O) groups is 2. The number of nitrogens with one attached hydrogen (secondary N) is 3. The van der Waals surface area contributed by atoms with E-state index in [-0.39, 0.29) is 11.8 Å². The van der Waals surface area contributed by atoms with E-state index in [9.17, 15) is 9.59 Å². The molecule has 0 radical (unpaired) electrons. The molecule has 1 rings (SSSR count). The van der Waals surface area contributed by atoms with Gasteiger partial charge in [0, 0.05) is 30.1 Å². The molecule has 5 nitrogen and oxygen atoms in total. The van der Waals surface area contributed by atoms with Gasteiger partial charge in [0.1, 0.15) is 0 Å². The molecule has 0 atom stereocenters. The van der Waals surface area contributed by atoms with Gasteiger partial charge in [-0.2, -0.15) is 0 Å². The summed E-state index contributed by atoms with van der Waals surface area (Å²) in [6, 6.07) is 6.65. The van der Waals surface area contributed by atoms with Gasteiger partial charge >= 0.3 is 0 Å². The van der Waals surface area contributed by atoms with Crippen LogP contribution < -0.4 is 16.0 Å². The Bertz CT molecular complexity index is 435. The quantitative estimate of drug-likeness (QED) is 0.631. The van der Waals surface area contributed by atoms with Crippen molar-refractivity contribution < 1.29 is 9.59 Å². The molecule has 0 saturated heterocycles. The van der Waals surface area contributed by atoms with E-state index in [1.807, 2.05) is 7.05 Å². The molecule has 0 aliphatic heterocycles. The Kier molecular flexibility index (Phi) is 7.69. The number of hydrogen-bond acceptors (Lipinski definition) is 3. The highest BCUT2D eigenvalue weighted by Gasteiger charge is 2.04. The molecule has 0 heterocycles. The van der Waals surface area contributed by atoms with Gasteiger partial charge in [-0.3, -0.25) is 9.59 Å². The fraction of sp³-hybridized carbons (Fsp3) is 0.429. The third kappa shape index (κ3) is 6.54. The molecule has 3 N–H and O–H groups in total. The summed E-state index contributed by atoms with van der Waals surface area (Å²) in [5, 5.41) is 9.06. The van der Waals surface area contributed by atoms with Crippen molar-refractivity contribution in [2.75, 3.05) is 26.7 Å². The Labute approximate surface area is 124 Å². The van der Waals surface area contributed by atoms with Gasteiger partial charge < -0.3 is 16.0 Å². The van der Waals surface area contributed by atoms with Gasteiger partial charge in [-0.15, -0.1) is 0 Å². The second kappa shape index (κ2) is 9.34. The predicted molar refractivity (Wildman–Crippen MR) is 80.0 cm³/mol. The highest BCUT2D eigenvalue weighted by Crippen LogP contribution is 2.08. The van der Waals surface area contributed by atoms with E-state index < -0.39 is 0 Å². The van der Waals surface area contributed by atoms with Crippen molar-refractivity contribution in [1.82, 2.24) is 16.0 Å². The summed E-state index contributed by atoms with van der Waals surface area (Å²) in [5.41, 5.74) is 0.551. The lowest BCUT2D eigenvalue weighted by Crippen LogP contribution is -2.34.